The quantitative estimate of drug-likeness (QED) is 0.841. The van der Waals surface area contributed by atoms with E-state index in [0.29, 0.717) is 0 Å². The van der Waals surface area contributed by atoms with Gasteiger partial charge in [-0.25, -0.2) is 0 Å². The molecule has 0 amide bonds. The molecule has 3 nitrogen and oxygen atoms in total. The van der Waals surface area contributed by atoms with Crippen molar-refractivity contribution < 1.29 is 9.84 Å². The van der Waals surface area contributed by atoms with Gasteiger partial charge in [-0.05, 0) is 31.0 Å². The number of hydrogen-bond donors (Lipinski definition) is 1. The van der Waals surface area contributed by atoms with Crippen molar-refractivity contribution in [3.63, 3.8) is 0 Å². The van der Waals surface area contributed by atoms with Crippen molar-refractivity contribution in [2.45, 2.75) is 20.5 Å². The molecule has 0 aliphatic rings. The lowest BCUT2D eigenvalue weighted by molar-refractivity contribution is 0.272. The maximum atomic E-state index is 9.39. The monoisotopic (exact) mass is 219 g/mol. The summed E-state index contributed by atoms with van der Waals surface area (Å²) in [5.74, 6) is 0.853. The number of aryl methyl sites for hydroxylation is 3. The number of aliphatic hydroxyl groups is 1. The van der Waals surface area contributed by atoms with Gasteiger partial charge in [-0.1, -0.05) is 6.07 Å². The highest BCUT2D eigenvalue weighted by Crippen LogP contribution is 2.34. The summed E-state index contributed by atoms with van der Waals surface area (Å²) in [5, 5.41) is 10.6. The van der Waals surface area contributed by atoms with Crippen LogP contribution in [0.5, 0.6) is 5.75 Å². The maximum Gasteiger partial charge on any atom is 0.143 e. The van der Waals surface area contributed by atoms with Gasteiger partial charge >= 0.3 is 0 Å². The Bertz CT molecular complexity index is 541. The van der Waals surface area contributed by atoms with Crippen LogP contribution in [0.3, 0.4) is 0 Å². The highest BCUT2D eigenvalue weighted by atomic mass is 16.5. The van der Waals surface area contributed by atoms with Crippen LogP contribution in [0, 0.1) is 13.8 Å². The second kappa shape index (κ2) is 3.83. The van der Waals surface area contributed by atoms with E-state index in [1.54, 1.807) is 7.11 Å². The molecule has 0 saturated carbocycles. The van der Waals surface area contributed by atoms with Crippen molar-refractivity contribution in [3.05, 3.63) is 29.0 Å². The minimum absolute atomic E-state index is 0.0552. The van der Waals surface area contributed by atoms with E-state index in [2.05, 4.69) is 13.0 Å². The van der Waals surface area contributed by atoms with Gasteiger partial charge in [0.2, 0.25) is 0 Å². The minimum atomic E-state index is 0.0552. The van der Waals surface area contributed by atoms with Crippen LogP contribution in [-0.2, 0) is 13.7 Å². The average molecular weight is 219 g/mol. The van der Waals surface area contributed by atoms with E-state index < -0.39 is 0 Å². The van der Waals surface area contributed by atoms with Crippen molar-refractivity contribution in [3.8, 4) is 5.75 Å². The van der Waals surface area contributed by atoms with Crippen LogP contribution in [0.1, 0.15) is 16.8 Å². The number of benzene rings is 1. The molecular weight excluding hydrogens is 202 g/mol. The summed E-state index contributed by atoms with van der Waals surface area (Å²) in [6, 6.07) is 4.02. The Morgan fingerprint density at radius 3 is 2.56 bits per heavy atom. The molecule has 2 rings (SSSR count). The predicted octanol–water partition coefficient (Wildman–Crippen LogP) is 2.30. The van der Waals surface area contributed by atoms with Gasteiger partial charge in [-0.3, -0.25) is 0 Å². The molecule has 1 aromatic carbocycles. The largest absolute Gasteiger partial charge is 0.495 e. The SMILES string of the molecule is COc1ccc(C)c2c(C)c(CO)n(C)c12. The number of ether oxygens (including phenoxy) is 1. The van der Waals surface area contributed by atoms with E-state index in [-0.39, 0.29) is 6.61 Å². The van der Waals surface area contributed by atoms with Crippen molar-refractivity contribution >= 4 is 10.9 Å². The first-order valence-corrected chi connectivity index (χ1v) is 5.34. The van der Waals surface area contributed by atoms with Gasteiger partial charge < -0.3 is 14.4 Å². The summed E-state index contributed by atoms with van der Waals surface area (Å²) in [6.45, 7) is 4.18. The van der Waals surface area contributed by atoms with Crippen molar-refractivity contribution in [2.24, 2.45) is 7.05 Å². The van der Waals surface area contributed by atoms with Gasteiger partial charge in [0.05, 0.1) is 19.2 Å². The Balaban J connectivity index is 2.96. The second-order valence-corrected chi connectivity index (χ2v) is 4.10. The van der Waals surface area contributed by atoms with Gasteiger partial charge in [-0.2, -0.15) is 0 Å². The molecule has 0 spiro atoms. The van der Waals surface area contributed by atoms with E-state index in [1.807, 2.05) is 24.6 Å². The highest BCUT2D eigenvalue weighted by Gasteiger charge is 2.16. The molecule has 0 aliphatic carbocycles. The third kappa shape index (κ3) is 1.32. The zero-order chi connectivity index (χ0) is 11.9. The standard InChI is InChI=1S/C13H17NO2/c1-8-5-6-11(16-4)13-12(8)9(2)10(7-15)14(13)3/h5-6,15H,7H2,1-4H3. The van der Waals surface area contributed by atoms with E-state index in [0.717, 1.165) is 22.5 Å². The number of hydrogen-bond acceptors (Lipinski definition) is 2. The smallest absolute Gasteiger partial charge is 0.143 e. The van der Waals surface area contributed by atoms with Crippen molar-refractivity contribution in [2.75, 3.05) is 7.11 Å². The van der Waals surface area contributed by atoms with E-state index in [4.69, 9.17) is 4.74 Å². The maximum absolute atomic E-state index is 9.39. The topological polar surface area (TPSA) is 34.4 Å². The van der Waals surface area contributed by atoms with E-state index in [1.165, 1.54) is 10.9 Å². The van der Waals surface area contributed by atoms with Gasteiger partial charge in [0.25, 0.3) is 0 Å². The number of aromatic nitrogens is 1. The number of methoxy groups -OCH3 is 1. The number of rotatable bonds is 2. The van der Waals surface area contributed by atoms with Crippen LogP contribution in [0.4, 0.5) is 0 Å². The fraction of sp³-hybridized carbons (Fsp3) is 0.385. The molecule has 16 heavy (non-hydrogen) atoms. The molecule has 1 N–H and O–H groups in total. The fourth-order valence-corrected chi connectivity index (χ4v) is 2.40. The van der Waals surface area contributed by atoms with Gasteiger partial charge in [0, 0.05) is 18.1 Å². The Morgan fingerprint density at radius 1 is 1.31 bits per heavy atom. The van der Waals surface area contributed by atoms with Crippen LogP contribution in [0.25, 0.3) is 10.9 Å². The first-order valence-electron chi connectivity index (χ1n) is 5.34. The van der Waals surface area contributed by atoms with Crippen molar-refractivity contribution in [1.82, 2.24) is 4.57 Å². The third-order valence-electron chi connectivity index (χ3n) is 3.27. The second-order valence-electron chi connectivity index (χ2n) is 4.10. The van der Waals surface area contributed by atoms with Crippen LogP contribution >= 0.6 is 0 Å². The van der Waals surface area contributed by atoms with Crippen LogP contribution in [-0.4, -0.2) is 16.8 Å². The predicted molar refractivity (Wildman–Crippen MR) is 64.9 cm³/mol. The summed E-state index contributed by atoms with van der Waals surface area (Å²) in [6.07, 6.45) is 0. The summed E-state index contributed by atoms with van der Waals surface area (Å²) in [5.41, 5.74) is 4.35. The fourth-order valence-electron chi connectivity index (χ4n) is 2.40. The van der Waals surface area contributed by atoms with Gasteiger partial charge in [0.1, 0.15) is 5.75 Å². The summed E-state index contributed by atoms with van der Waals surface area (Å²) >= 11 is 0. The van der Waals surface area contributed by atoms with Crippen molar-refractivity contribution in [1.29, 1.82) is 0 Å². The summed E-state index contributed by atoms with van der Waals surface area (Å²) in [7, 11) is 3.63. The number of nitrogens with zero attached hydrogens (tertiary/aromatic N) is 1. The molecule has 2 aromatic rings. The summed E-state index contributed by atoms with van der Waals surface area (Å²) in [4.78, 5) is 0. The van der Waals surface area contributed by atoms with Gasteiger partial charge in [-0.15, -0.1) is 0 Å². The molecule has 86 valence electrons. The summed E-state index contributed by atoms with van der Waals surface area (Å²) < 4.78 is 7.38. The zero-order valence-corrected chi connectivity index (χ0v) is 10.2. The normalized spacial score (nSPS) is 11.1. The molecular formula is C13H17NO2. The van der Waals surface area contributed by atoms with E-state index >= 15 is 0 Å². The number of fused-ring (bicyclic) bond motifs is 1. The molecule has 1 aromatic heterocycles. The molecule has 0 aliphatic heterocycles. The van der Waals surface area contributed by atoms with Crippen LogP contribution < -0.4 is 4.74 Å². The highest BCUT2D eigenvalue weighted by molar-refractivity contribution is 5.92. The Hall–Kier alpha value is -1.48. The van der Waals surface area contributed by atoms with Crippen LogP contribution in [0.15, 0.2) is 12.1 Å². The molecule has 3 heteroatoms. The molecule has 0 atom stereocenters. The molecule has 0 unspecified atom stereocenters. The lowest BCUT2D eigenvalue weighted by Gasteiger charge is -2.07. The van der Waals surface area contributed by atoms with Crippen LogP contribution in [0.2, 0.25) is 0 Å². The average Bonchev–Trinajstić information content (AvgIpc) is 2.53. The first-order chi connectivity index (χ1) is 7.61. The molecule has 0 bridgehead atoms. The third-order valence-corrected chi connectivity index (χ3v) is 3.27. The molecule has 0 saturated heterocycles. The lowest BCUT2D eigenvalue weighted by Crippen LogP contribution is -1.97. The zero-order valence-electron chi connectivity index (χ0n) is 10.2. The lowest BCUT2D eigenvalue weighted by atomic mass is 10.1. The number of aliphatic hydroxyl groups excluding tert-OH is 1. The molecule has 0 fully saturated rings. The Labute approximate surface area is 95.3 Å². The minimum Gasteiger partial charge on any atom is -0.495 e. The molecule has 1 heterocycles. The Kier molecular flexibility index (Phi) is 2.64. The Morgan fingerprint density at radius 2 is 2.00 bits per heavy atom. The first kappa shape index (κ1) is 11.0. The van der Waals surface area contributed by atoms with Gasteiger partial charge in [0.15, 0.2) is 0 Å². The van der Waals surface area contributed by atoms with E-state index in [9.17, 15) is 5.11 Å². The molecule has 0 radical (unpaired) electrons.